The van der Waals surface area contributed by atoms with Gasteiger partial charge in [0.1, 0.15) is 17.3 Å². The van der Waals surface area contributed by atoms with E-state index in [0.29, 0.717) is 50.2 Å². The third kappa shape index (κ3) is 4.36. The highest BCUT2D eigenvalue weighted by atomic mass is 35.5. The van der Waals surface area contributed by atoms with Crippen LogP contribution in [0.2, 0.25) is 5.02 Å². The van der Waals surface area contributed by atoms with Gasteiger partial charge < -0.3 is 14.6 Å². The summed E-state index contributed by atoms with van der Waals surface area (Å²) in [6, 6.07) is 7.21. The Labute approximate surface area is 190 Å². The highest BCUT2D eigenvalue weighted by molar-refractivity contribution is 6.32. The third-order valence-corrected chi connectivity index (χ3v) is 6.11. The Kier molecular flexibility index (Phi) is 6.48. The molecule has 0 atom stereocenters. The molecule has 168 valence electrons. The summed E-state index contributed by atoms with van der Waals surface area (Å²) in [5.74, 6) is -1.05. The second kappa shape index (κ2) is 9.30. The number of carbonyl (C=O) groups is 2. The molecule has 0 unspecified atom stereocenters. The van der Waals surface area contributed by atoms with E-state index in [1.165, 1.54) is 36.4 Å². The average molecular weight is 460 g/mol. The van der Waals surface area contributed by atoms with Crippen molar-refractivity contribution in [2.24, 2.45) is 5.92 Å². The molecule has 32 heavy (non-hydrogen) atoms. The van der Waals surface area contributed by atoms with Crippen LogP contribution in [-0.4, -0.2) is 41.5 Å². The smallest absolute Gasteiger partial charge is 0.309 e. The number of piperidine rings is 1. The fraction of sp³-hybridized carbons (Fsp3) is 0.333. The first-order chi connectivity index (χ1) is 15.4. The summed E-state index contributed by atoms with van der Waals surface area (Å²) >= 11 is 6.08. The van der Waals surface area contributed by atoms with Crippen LogP contribution in [0, 0.1) is 11.7 Å². The van der Waals surface area contributed by atoms with Crippen LogP contribution in [0.25, 0.3) is 6.08 Å². The number of ketones is 1. The van der Waals surface area contributed by atoms with E-state index in [1.54, 1.807) is 6.92 Å². The Hall–Kier alpha value is -2.90. The molecule has 6 nitrogen and oxygen atoms in total. The number of ether oxygens (including phenoxy) is 2. The summed E-state index contributed by atoms with van der Waals surface area (Å²) in [5, 5.41) is 10.6. The number of phenolic OH excluding ortho intramolecular Hbond substituents is 1. The fourth-order valence-electron chi connectivity index (χ4n) is 4.04. The number of hydrogen-bond donors (Lipinski definition) is 1. The van der Waals surface area contributed by atoms with E-state index in [4.69, 9.17) is 21.1 Å². The van der Waals surface area contributed by atoms with Gasteiger partial charge in [-0.2, -0.15) is 0 Å². The van der Waals surface area contributed by atoms with Crippen molar-refractivity contribution in [2.45, 2.75) is 26.3 Å². The van der Waals surface area contributed by atoms with Gasteiger partial charge in [0.25, 0.3) is 0 Å². The highest BCUT2D eigenvalue weighted by Crippen LogP contribution is 2.41. The van der Waals surface area contributed by atoms with Gasteiger partial charge in [-0.3, -0.25) is 14.5 Å². The molecule has 2 aliphatic rings. The summed E-state index contributed by atoms with van der Waals surface area (Å²) < 4.78 is 25.1. The molecule has 1 fully saturated rings. The molecule has 2 aromatic carbocycles. The van der Waals surface area contributed by atoms with Crippen LogP contribution < -0.4 is 4.74 Å². The van der Waals surface area contributed by atoms with Gasteiger partial charge in [-0.1, -0.05) is 17.7 Å². The predicted octanol–water partition coefficient (Wildman–Crippen LogP) is 4.58. The first-order valence-electron chi connectivity index (χ1n) is 10.5. The van der Waals surface area contributed by atoms with Gasteiger partial charge in [0.2, 0.25) is 5.78 Å². The lowest BCUT2D eigenvalue weighted by molar-refractivity contribution is -0.149. The predicted molar refractivity (Wildman–Crippen MR) is 117 cm³/mol. The minimum absolute atomic E-state index is 0.00856. The first kappa shape index (κ1) is 22.3. The molecule has 1 saturated heterocycles. The van der Waals surface area contributed by atoms with Crippen molar-refractivity contribution in [2.75, 3.05) is 19.7 Å². The molecule has 8 heteroatoms. The molecule has 0 radical (unpaired) electrons. The molecule has 1 N–H and O–H groups in total. The second-order valence-corrected chi connectivity index (χ2v) is 8.22. The fourth-order valence-corrected chi connectivity index (χ4v) is 4.26. The number of halogens is 2. The zero-order valence-electron chi connectivity index (χ0n) is 17.6. The van der Waals surface area contributed by atoms with Crippen LogP contribution >= 0.6 is 11.6 Å². The van der Waals surface area contributed by atoms with Gasteiger partial charge in [-0.15, -0.1) is 0 Å². The van der Waals surface area contributed by atoms with Crippen molar-refractivity contribution in [1.82, 2.24) is 4.90 Å². The van der Waals surface area contributed by atoms with E-state index < -0.39 is 11.6 Å². The standard InChI is InChI=1S/C24H23ClFNO5/c1-2-31-24(30)14-8-10-27(11-9-14)13-17-20(28)7-6-15-22(29)21(32-23(15)17)12-16-18(25)4-3-5-19(16)26/h3-7,12,14,28H,2,8-11,13H2,1H3/b21-12+. The number of nitrogens with zero attached hydrogens (tertiary/aromatic N) is 1. The number of likely N-dealkylation sites (tertiary alicyclic amines) is 1. The number of rotatable bonds is 5. The van der Waals surface area contributed by atoms with Crippen LogP contribution in [-0.2, 0) is 16.1 Å². The zero-order chi connectivity index (χ0) is 22.8. The van der Waals surface area contributed by atoms with E-state index in [-0.39, 0.29) is 39.7 Å². The highest BCUT2D eigenvalue weighted by Gasteiger charge is 2.33. The van der Waals surface area contributed by atoms with Gasteiger partial charge in [0, 0.05) is 12.1 Å². The summed E-state index contributed by atoms with van der Waals surface area (Å²) in [6.07, 6.45) is 2.60. The number of carbonyl (C=O) groups excluding carboxylic acids is 2. The lowest BCUT2D eigenvalue weighted by Gasteiger charge is -2.31. The van der Waals surface area contributed by atoms with Crippen molar-refractivity contribution >= 4 is 29.4 Å². The maximum absolute atomic E-state index is 14.2. The molecule has 0 bridgehead atoms. The lowest BCUT2D eigenvalue weighted by atomic mass is 9.96. The summed E-state index contributed by atoms with van der Waals surface area (Å²) in [5.41, 5.74) is 0.850. The molecule has 0 aromatic heterocycles. The molecule has 2 aromatic rings. The maximum Gasteiger partial charge on any atom is 0.309 e. The average Bonchev–Trinajstić information content (AvgIpc) is 3.09. The number of phenols is 1. The van der Waals surface area contributed by atoms with Crippen LogP contribution in [0.4, 0.5) is 4.39 Å². The van der Waals surface area contributed by atoms with E-state index >= 15 is 0 Å². The second-order valence-electron chi connectivity index (χ2n) is 7.82. The Bertz CT molecular complexity index is 1070. The molecule has 0 spiro atoms. The molecular weight excluding hydrogens is 437 g/mol. The lowest BCUT2D eigenvalue weighted by Crippen LogP contribution is -2.36. The minimum atomic E-state index is -0.565. The van der Waals surface area contributed by atoms with E-state index in [1.807, 2.05) is 0 Å². The monoisotopic (exact) mass is 459 g/mol. The topological polar surface area (TPSA) is 76.1 Å². The number of benzene rings is 2. The zero-order valence-corrected chi connectivity index (χ0v) is 18.3. The van der Waals surface area contributed by atoms with Crippen LogP contribution in [0.3, 0.4) is 0 Å². The van der Waals surface area contributed by atoms with Gasteiger partial charge in [0.15, 0.2) is 5.76 Å². The Morgan fingerprint density at radius 1 is 1.31 bits per heavy atom. The number of fused-ring (bicyclic) bond motifs is 1. The van der Waals surface area contributed by atoms with Crippen molar-refractivity contribution < 1.29 is 28.6 Å². The van der Waals surface area contributed by atoms with Crippen molar-refractivity contribution in [3.8, 4) is 11.5 Å². The van der Waals surface area contributed by atoms with E-state index in [0.717, 1.165) is 0 Å². The summed E-state index contributed by atoms with van der Waals surface area (Å²) in [7, 11) is 0. The van der Waals surface area contributed by atoms with Gasteiger partial charge in [0.05, 0.1) is 28.7 Å². The van der Waals surface area contributed by atoms with Gasteiger partial charge >= 0.3 is 5.97 Å². The molecule has 0 amide bonds. The molecule has 4 rings (SSSR count). The minimum Gasteiger partial charge on any atom is -0.507 e. The van der Waals surface area contributed by atoms with E-state index in [9.17, 15) is 19.1 Å². The van der Waals surface area contributed by atoms with Crippen LogP contribution in [0.1, 0.15) is 41.3 Å². The number of allylic oxidation sites excluding steroid dienone is 1. The van der Waals surface area contributed by atoms with Crippen LogP contribution in [0.15, 0.2) is 36.1 Å². The number of Topliss-reactive ketones (excluding diaryl/α,β-unsaturated/α-hetero) is 1. The Morgan fingerprint density at radius 3 is 2.75 bits per heavy atom. The number of aromatic hydroxyl groups is 1. The van der Waals surface area contributed by atoms with Crippen LogP contribution in [0.5, 0.6) is 11.5 Å². The summed E-state index contributed by atoms with van der Waals surface area (Å²) in [4.78, 5) is 26.9. The van der Waals surface area contributed by atoms with Gasteiger partial charge in [-0.25, -0.2) is 4.39 Å². The quantitative estimate of drug-likeness (QED) is 0.521. The van der Waals surface area contributed by atoms with Crippen molar-refractivity contribution in [3.63, 3.8) is 0 Å². The van der Waals surface area contributed by atoms with Crippen molar-refractivity contribution in [3.05, 3.63) is 63.6 Å². The Balaban J connectivity index is 1.54. The molecule has 0 saturated carbocycles. The summed E-state index contributed by atoms with van der Waals surface area (Å²) in [6.45, 7) is 3.80. The van der Waals surface area contributed by atoms with Crippen molar-refractivity contribution in [1.29, 1.82) is 0 Å². The normalized spacial score (nSPS) is 18.0. The first-order valence-corrected chi connectivity index (χ1v) is 10.9. The SMILES string of the molecule is CCOC(=O)C1CCN(Cc2c(O)ccc3c2O/C(=C/c2c(F)cccc2Cl)C3=O)CC1. The molecular formula is C24H23ClFNO5. The molecule has 0 aliphatic carbocycles. The third-order valence-electron chi connectivity index (χ3n) is 5.78. The largest absolute Gasteiger partial charge is 0.507 e. The van der Waals surface area contributed by atoms with E-state index in [2.05, 4.69) is 4.90 Å². The Morgan fingerprint density at radius 2 is 2.06 bits per heavy atom. The number of hydrogen-bond acceptors (Lipinski definition) is 6. The molecule has 2 aliphatic heterocycles. The molecule has 2 heterocycles. The van der Waals surface area contributed by atoms with Gasteiger partial charge in [-0.05, 0) is 63.2 Å². The number of esters is 1. The maximum atomic E-state index is 14.2.